The monoisotopic (exact) mass is 237 g/mol. The van der Waals surface area contributed by atoms with Crippen molar-refractivity contribution in [1.82, 2.24) is 4.98 Å². The summed E-state index contributed by atoms with van der Waals surface area (Å²) < 4.78 is 10.5. The minimum Gasteiger partial charge on any atom is -0.491 e. The molecular weight excluding hydrogens is 218 g/mol. The third kappa shape index (κ3) is 4.06. The molecule has 1 rings (SSSR count). The fourth-order valence-electron chi connectivity index (χ4n) is 1.36. The number of carbonyl (C=O) groups is 1. The topological polar surface area (TPSA) is 48.4 Å². The van der Waals surface area contributed by atoms with Crippen molar-refractivity contribution in [2.45, 2.75) is 33.6 Å². The summed E-state index contributed by atoms with van der Waals surface area (Å²) in [5.74, 6) is 0.145. The van der Waals surface area contributed by atoms with Crippen LogP contribution in [0.25, 0.3) is 0 Å². The van der Waals surface area contributed by atoms with Crippen molar-refractivity contribution >= 4 is 5.97 Å². The molecule has 0 radical (unpaired) electrons. The zero-order chi connectivity index (χ0) is 12.7. The highest BCUT2D eigenvalue weighted by molar-refractivity contribution is 5.92. The molecule has 4 nitrogen and oxygen atoms in total. The van der Waals surface area contributed by atoms with Crippen molar-refractivity contribution in [3.8, 4) is 5.75 Å². The molecule has 0 aliphatic heterocycles. The molecule has 17 heavy (non-hydrogen) atoms. The van der Waals surface area contributed by atoms with Crippen LogP contribution in [0.3, 0.4) is 0 Å². The maximum atomic E-state index is 11.7. The van der Waals surface area contributed by atoms with Crippen molar-refractivity contribution < 1.29 is 14.3 Å². The Morgan fingerprint density at radius 3 is 2.82 bits per heavy atom. The van der Waals surface area contributed by atoms with Crippen molar-refractivity contribution in [2.75, 3.05) is 13.2 Å². The summed E-state index contributed by atoms with van der Waals surface area (Å²) in [5.41, 5.74) is 1.23. The van der Waals surface area contributed by atoms with Gasteiger partial charge in [0.1, 0.15) is 5.56 Å². The number of aryl methyl sites for hydroxylation is 1. The maximum Gasteiger partial charge on any atom is 0.342 e. The van der Waals surface area contributed by atoms with E-state index < -0.39 is 0 Å². The lowest BCUT2D eigenvalue weighted by Crippen LogP contribution is -2.09. The first-order valence-corrected chi connectivity index (χ1v) is 5.95. The zero-order valence-electron chi connectivity index (χ0n) is 10.7. The Kier molecular flexibility index (Phi) is 5.46. The second-order valence-corrected chi connectivity index (χ2v) is 3.74. The number of aromatic nitrogens is 1. The summed E-state index contributed by atoms with van der Waals surface area (Å²) >= 11 is 0. The van der Waals surface area contributed by atoms with Crippen LogP contribution >= 0.6 is 0 Å². The van der Waals surface area contributed by atoms with Gasteiger partial charge in [-0.25, -0.2) is 4.79 Å². The van der Waals surface area contributed by atoms with Gasteiger partial charge < -0.3 is 9.47 Å². The highest BCUT2D eigenvalue weighted by Gasteiger charge is 2.14. The molecule has 0 aliphatic rings. The fourth-order valence-corrected chi connectivity index (χ4v) is 1.36. The van der Waals surface area contributed by atoms with Crippen LogP contribution in [0.5, 0.6) is 5.75 Å². The molecule has 4 heteroatoms. The molecule has 0 spiro atoms. The van der Waals surface area contributed by atoms with Gasteiger partial charge in [-0.3, -0.25) is 4.98 Å². The van der Waals surface area contributed by atoms with Gasteiger partial charge >= 0.3 is 5.97 Å². The van der Waals surface area contributed by atoms with E-state index in [9.17, 15) is 4.79 Å². The smallest absolute Gasteiger partial charge is 0.342 e. The van der Waals surface area contributed by atoms with Crippen LogP contribution in [0.15, 0.2) is 12.3 Å². The van der Waals surface area contributed by atoms with E-state index in [1.54, 1.807) is 19.2 Å². The molecule has 94 valence electrons. The lowest BCUT2D eigenvalue weighted by molar-refractivity contribution is 0.0521. The summed E-state index contributed by atoms with van der Waals surface area (Å²) in [6.07, 6.45) is 3.58. The predicted molar refractivity (Wildman–Crippen MR) is 65.3 cm³/mol. The summed E-state index contributed by atoms with van der Waals surface area (Å²) in [5, 5.41) is 0. The average molecular weight is 237 g/mol. The van der Waals surface area contributed by atoms with Crippen LogP contribution < -0.4 is 4.74 Å². The third-order valence-corrected chi connectivity index (χ3v) is 2.25. The lowest BCUT2D eigenvalue weighted by atomic mass is 10.2. The fraction of sp³-hybridized carbons (Fsp3) is 0.538. The Morgan fingerprint density at radius 1 is 1.41 bits per heavy atom. The van der Waals surface area contributed by atoms with Gasteiger partial charge in [-0.1, -0.05) is 13.3 Å². The number of hydrogen-bond acceptors (Lipinski definition) is 4. The Balaban J connectivity index is 2.83. The zero-order valence-corrected chi connectivity index (χ0v) is 10.7. The summed E-state index contributed by atoms with van der Waals surface area (Å²) in [6.45, 7) is 6.65. The van der Waals surface area contributed by atoms with Gasteiger partial charge in [0.2, 0.25) is 0 Å². The minimum atomic E-state index is -0.357. The number of nitrogens with zero attached hydrogens (tertiary/aromatic N) is 1. The Bertz CT molecular complexity index is 377. The van der Waals surface area contributed by atoms with Crippen molar-refractivity contribution in [3.05, 3.63) is 23.5 Å². The van der Waals surface area contributed by atoms with Gasteiger partial charge in [-0.15, -0.1) is 0 Å². The van der Waals surface area contributed by atoms with E-state index in [1.807, 2.05) is 6.92 Å². The van der Waals surface area contributed by atoms with E-state index in [1.165, 1.54) is 0 Å². The molecular formula is C13H19NO3. The average Bonchev–Trinajstić information content (AvgIpc) is 2.31. The normalized spacial score (nSPS) is 10.1. The number of esters is 1. The largest absolute Gasteiger partial charge is 0.491 e. The number of hydrogen-bond donors (Lipinski definition) is 0. The minimum absolute atomic E-state index is 0.356. The van der Waals surface area contributed by atoms with E-state index in [0.717, 1.165) is 18.5 Å². The van der Waals surface area contributed by atoms with Crippen LogP contribution in [0.4, 0.5) is 0 Å². The Hall–Kier alpha value is -1.58. The number of pyridine rings is 1. The van der Waals surface area contributed by atoms with Gasteiger partial charge in [0.05, 0.1) is 19.4 Å². The summed E-state index contributed by atoms with van der Waals surface area (Å²) in [4.78, 5) is 15.8. The second kappa shape index (κ2) is 6.89. The summed E-state index contributed by atoms with van der Waals surface area (Å²) in [7, 11) is 0. The van der Waals surface area contributed by atoms with Crippen LogP contribution in [-0.2, 0) is 4.74 Å². The van der Waals surface area contributed by atoms with Crippen LogP contribution in [0, 0.1) is 6.92 Å². The Morgan fingerprint density at radius 2 is 2.18 bits per heavy atom. The van der Waals surface area contributed by atoms with E-state index in [4.69, 9.17) is 9.47 Å². The molecule has 1 heterocycles. The van der Waals surface area contributed by atoms with Crippen molar-refractivity contribution in [3.63, 3.8) is 0 Å². The Labute approximate surface area is 102 Å². The van der Waals surface area contributed by atoms with Crippen LogP contribution in [0.1, 0.15) is 42.7 Å². The molecule has 0 atom stereocenters. The molecule has 0 aromatic carbocycles. The van der Waals surface area contributed by atoms with Gasteiger partial charge in [0.15, 0.2) is 5.75 Å². The number of carbonyl (C=O) groups excluding carboxylic acids is 1. The predicted octanol–water partition coefficient (Wildman–Crippen LogP) is 2.75. The van der Waals surface area contributed by atoms with Gasteiger partial charge in [0, 0.05) is 5.69 Å². The van der Waals surface area contributed by atoms with Crippen molar-refractivity contribution in [2.24, 2.45) is 0 Å². The maximum absolute atomic E-state index is 11.7. The molecule has 0 fully saturated rings. The van der Waals surface area contributed by atoms with Gasteiger partial charge in [-0.2, -0.15) is 0 Å². The molecule has 0 unspecified atom stereocenters. The number of unbranched alkanes of at least 4 members (excludes halogenated alkanes) is 1. The molecule has 0 amide bonds. The van der Waals surface area contributed by atoms with Crippen molar-refractivity contribution in [1.29, 1.82) is 0 Å². The first-order chi connectivity index (χ1) is 8.19. The molecule has 0 aliphatic carbocycles. The standard InChI is InChI=1S/C13H19NO3/c1-4-6-7-17-12-9-14-10(3)8-11(12)13(15)16-5-2/h8-9H,4-7H2,1-3H3. The van der Waals surface area contributed by atoms with Crippen LogP contribution in [0.2, 0.25) is 0 Å². The van der Waals surface area contributed by atoms with E-state index in [0.29, 0.717) is 24.5 Å². The van der Waals surface area contributed by atoms with Gasteiger partial charge in [0.25, 0.3) is 0 Å². The van der Waals surface area contributed by atoms with Gasteiger partial charge in [-0.05, 0) is 26.3 Å². The lowest BCUT2D eigenvalue weighted by Gasteiger charge is -2.10. The van der Waals surface area contributed by atoms with E-state index in [2.05, 4.69) is 11.9 Å². The molecule has 0 N–H and O–H groups in total. The van der Waals surface area contributed by atoms with E-state index >= 15 is 0 Å². The van der Waals surface area contributed by atoms with Crippen LogP contribution in [-0.4, -0.2) is 24.2 Å². The molecule has 0 bridgehead atoms. The third-order valence-electron chi connectivity index (χ3n) is 2.25. The molecule has 1 aromatic rings. The first kappa shape index (κ1) is 13.5. The molecule has 0 saturated heterocycles. The number of rotatable bonds is 6. The highest BCUT2D eigenvalue weighted by atomic mass is 16.5. The molecule has 1 aromatic heterocycles. The SMILES string of the molecule is CCCCOc1cnc(C)cc1C(=O)OCC. The highest BCUT2D eigenvalue weighted by Crippen LogP contribution is 2.19. The molecule has 0 saturated carbocycles. The first-order valence-electron chi connectivity index (χ1n) is 5.95. The quantitative estimate of drug-likeness (QED) is 0.564. The second-order valence-electron chi connectivity index (χ2n) is 3.74. The number of ether oxygens (including phenoxy) is 2. The summed E-state index contributed by atoms with van der Waals surface area (Å²) in [6, 6.07) is 1.69. The van der Waals surface area contributed by atoms with E-state index in [-0.39, 0.29) is 5.97 Å².